The SMILES string of the molecule is Cc1nnc(SC[C@H]2C[C@@H](c3ccc(CO)cc3)O[C@@H](c3ccc(-c4ccccc4CN)cc3)O2)s1. The highest BCUT2D eigenvalue weighted by Crippen LogP contribution is 2.40. The molecule has 1 saturated heterocycles. The summed E-state index contributed by atoms with van der Waals surface area (Å²) in [6.07, 6.45) is 0.123. The Morgan fingerprint density at radius 2 is 1.72 bits per heavy atom. The smallest absolute Gasteiger partial charge is 0.184 e. The van der Waals surface area contributed by atoms with Crippen LogP contribution in [0.25, 0.3) is 11.1 Å². The van der Waals surface area contributed by atoms with Crippen LogP contribution in [-0.2, 0) is 22.6 Å². The van der Waals surface area contributed by atoms with E-state index in [-0.39, 0.29) is 18.8 Å². The van der Waals surface area contributed by atoms with Gasteiger partial charge in [-0.2, -0.15) is 0 Å². The minimum absolute atomic E-state index is 0.0156. The zero-order valence-corrected chi connectivity index (χ0v) is 21.7. The van der Waals surface area contributed by atoms with Gasteiger partial charge in [0.1, 0.15) is 5.01 Å². The third-order valence-electron chi connectivity index (χ3n) is 6.25. The molecule has 0 spiro atoms. The molecule has 0 aliphatic carbocycles. The van der Waals surface area contributed by atoms with Gasteiger partial charge in [0.05, 0.1) is 18.8 Å². The van der Waals surface area contributed by atoms with Gasteiger partial charge >= 0.3 is 0 Å². The summed E-state index contributed by atoms with van der Waals surface area (Å²) in [6.45, 7) is 2.49. The third-order valence-corrected chi connectivity index (χ3v) is 8.35. The summed E-state index contributed by atoms with van der Waals surface area (Å²) in [7, 11) is 0. The van der Waals surface area contributed by atoms with E-state index in [1.54, 1.807) is 23.1 Å². The number of hydrogen-bond acceptors (Lipinski definition) is 8. The van der Waals surface area contributed by atoms with Crippen LogP contribution >= 0.6 is 23.1 Å². The summed E-state index contributed by atoms with van der Waals surface area (Å²) in [5.74, 6) is 0.766. The minimum atomic E-state index is -0.484. The Labute approximate surface area is 219 Å². The molecule has 5 rings (SSSR count). The lowest BCUT2D eigenvalue weighted by molar-refractivity contribution is -0.245. The molecule has 4 aromatic rings. The van der Waals surface area contributed by atoms with Crippen LogP contribution in [0.3, 0.4) is 0 Å². The largest absolute Gasteiger partial charge is 0.392 e. The van der Waals surface area contributed by atoms with E-state index in [4.69, 9.17) is 15.2 Å². The molecule has 3 N–H and O–H groups in total. The number of hydrogen-bond donors (Lipinski definition) is 2. The van der Waals surface area contributed by atoms with E-state index in [1.807, 2.05) is 43.3 Å². The normalized spacial score (nSPS) is 19.9. The second-order valence-electron chi connectivity index (χ2n) is 8.73. The van der Waals surface area contributed by atoms with Crippen molar-refractivity contribution < 1.29 is 14.6 Å². The lowest BCUT2D eigenvalue weighted by atomic mass is 9.98. The predicted octanol–water partition coefficient (Wildman–Crippen LogP) is 5.80. The number of nitrogens with zero attached hydrogens (tertiary/aromatic N) is 2. The molecule has 1 aliphatic heterocycles. The van der Waals surface area contributed by atoms with Crippen molar-refractivity contribution in [2.24, 2.45) is 5.73 Å². The highest BCUT2D eigenvalue weighted by molar-refractivity contribution is 8.01. The van der Waals surface area contributed by atoms with Crippen LogP contribution in [0.2, 0.25) is 0 Å². The van der Waals surface area contributed by atoms with E-state index in [2.05, 4.69) is 46.6 Å². The molecule has 3 atom stereocenters. The number of thioether (sulfide) groups is 1. The summed E-state index contributed by atoms with van der Waals surface area (Å²) >= 11 is 3.27. The summed E-state index contributed by atoms with van der Waals surface area (Å²) in [4.78, 5) is 0. The van der Waals surface area contributed by atoms with Crippen LogP contribution < -0.4 is 5.73 Å². The zero-order valence-electron chi connectivity index (χ0n) is 20.0. The maximum absolute atomic E-state index is 9.42. The average Bonchev–Trinajstić information content (AvgIpc) is 3.36. The van der Waals surface area contributed by atoms with Crippen molar-refractivity contribution in [3.05, 3.63) is 100 Å². The van der Waals surface area contributed by atoms with Gasteiger partial charge in [0.2, 0.25) is 0 Å². The van der Waals surface area contributed by atoms with E-state index in [9.17, 15) is 5.11 Å². The van der Waals surface area contributed by atoms with Gasteiger partial charge in [-0.15, -0.1) is 10.2 Å². The molecule has 1 fully saturated rings. The van der Waals surface area contributed by atoms with Crippen molar-refractivity contribution in [2.45, 2.75) is 49.3 Å². The highest BCUT2D eigenvalue weighted by atomic mass is 32.2. The van der Waals surface area contributed by atoms with Gasteiger partial charge in [0, 0.05) is 24.3 Å². The van der Waals surface area contributed by atoms with Crippen molar-refractivity contribution in [2.75, 3.05) is 5.75 Å². The third kappa shape index (κ3) is 5.86. The van der Waals surface area contributed by atoms with Crippen molar-refractivity contribution in [3.63, 3.8) is 0 Å². The van der Waals surface area contributed by atoms with Gasteiger partial charge in [-0.05, 0) is 34.7 Å². The Bertz CT molecular complexity index is 1280. The molecule has 3 aromatic carbocycles. The molecule has 0 radical (unpaired) electrons. The van der Waals surface area contributed by atoms with Crippen LogP contribution in [0.1, 0.15) is 46.1 Å². The number of aryl methyl sites for hydroxylation is 1. The van der Waals surface area contributed by atoms with Gasteiger partial charge in [0.15, 0.2) is 10.6 Å². The maximum Gasteiger partial charge on any atom is 0.184 e. The van der Waals surface area contributed by atoms with Gasteiger partial charge < -0.3 is 20.3 Å². The standard InChI is InChI=1S/C28H29N3O3S2/c1-18-30-31-28(36-18)35-17-24-14-26(21-8-6-19(16-32)7-9-21)34-27(33-24)22-12-10-20(11-13-22)25-5-3-2-4-23(25)15-29/h2-13,24,26-27,32H,14-17,29H2,1H3/t24-,26+,27+/m1/s1. The van der Waals surface area contributed by atoms with Gasteiger partial charge in [-0.25, -0.2) is 0 Å². The topological polar surface area (TPSA) is 90.5 Å². The van der Waals surface area contributed by atoms with E-state index in [0.29, 0.717) is 6.54 Å². The second-order valence-corrected chi connectivity index (χ2v) is 11.2. The number of rotatable bonds is 8. The summed E-state index contributed by atoms with van der Waals surface area (Å²) in [5, 5.41) is 18.7. The number of ether oxygens (including phenoxy) is 2. The first-order valence-corrected chi connectivity index (χ1v) is 13.7. The van der Waals surface area contributed by atoms with Gasteiger partial charge in [0.25, 0.3) is 0 Å². The molecule has 1 aliphatic rings. The lowest BCUT2D eigenvalue weighted by Gasteiger charge is -2.36. The van der Waals surface area contributed by atoms with Crippen molar-refractivity contribution in [1.82, 2.24) is 10.2 Å². The van der Waals surface area contributed by atoms with Crippen LogP contribution in [0.5, 0.6) is 0 Å². The molecule has 1 aromatic heterocycles. The summed E-state index contributed by atoms with van der Waals surface area (Å²) < 4.78 is 13.9. The van der Waals surface area contributed by atoms with Crippen LogP contribution in [0, 0.1) is 6.92 Å². The second kappa shape index (κ2) is 11.6. The molecule has 0 unspecified atom stereocenters. The molecule has 0 saturated carbocycles. The first-order valence-electron chi connectivity index (χ1n) is 11.9. The molecular formula is C28H29N3O3S2. The van der Waals surface area contributed by atoms with E-state index in [1.165, 1.54) is 0 Å². The quantitative estimate of drug-likeness (QED) is 0.284. The summed E-state index contributed by atoms with van der Waals surface area (Å²) in [5.41, 5.74) is 12.3. The molecule has 0 bridgehead atoms. The van der Waals surface area contributed by atoms with Crippen LogP contribution in [0.15, 0.2) is 77.1 Å². The number of aliphatic hydroxyl groups is 1. The highest BCUT2D eigenvalue weighted by Gasteiger charge is 2.32. The molecular weight excluding hydrogens is 490 g/mol. The fourth-order valence-electron chi connectivity index (χ4n) is 4.32. The van der Waals surface area contributed by atoms with Crippen molar-refractivity contribution >= 4 is 23.1 Å². The first-order chi connectivity index (χ1) is 17.6. The molecule has 0 amide bonds. The van der Waals surface area contributed by atoms with E-state index in [0.717, 1.165) is 54.9 Å². The van der Waals surface area contributed by atoms with Gasteiger partial charge in [-0.1, -0.05) is 95.9 Å². The predicted molar refractivity (Wildman–Crippen MR) is 144 cm³/mol. The lowest BCUT2D eigenvalue weighted by Crippen LogP contribution is -2.31. The number of aliphatic hydroxyl groups excluding tert-OH is 1. The first kappa shape index (κ1) is 25.1. The zero-order chi connectivity index (χ0) is 24.9. The Hall–Kier alpha value is -2.59. The van der Waals surface area contributed by atoms with Crippen molar-refractivity contribution in [3.8, 4) is 11.1 Å². The molecule has 186 valence electrons. The molecule has 8 heteroatoms. The van der Waals surface area contributed by atoms with Crippen LogP contribution in [0.4, 0.5) is 0 Å². The van der Waals surface area contributed by atoms with Crippen LogP contribution in [-0.4, -0.2) is 27.2 Å². The molecule has 2 heterocycles. The Morgan fingerprint density at radius 3 is 2.42 bits per heavy atom. The summed E-state index contributed by atoms with van der Waals surface area (Å²) in [6, 6.07) is 24.5. The number of aromatic nitrogens is 2. The Kier molecular flexibility index (Phi) is 8.11. The van der Waals surface area contributed by atoms with Gasteiger partial charge in [-0.3, -0.25) is 0 Å². The number of benzene rings is 3. The fourth-order valence-corrected chi connectivity index (χ4v) is 6.18. The Balaban J connectivity index is 1.37. The minimum Gasteiger partial charge on any atom is -0.392 e. The van der Waals surface area contributed by atoms with Crippen molar-refractivity contribution in [1.29, 1.82) is 0 Å². The number of nitrogens with two attached hydrogens (primary N) is 1. The molecule has 36 heavy (non-hydrogen) atoms. The Morgan fingerprint density at radius 1 is 0.972 bits per heavy atom. The fraction of sp³-hybridized carbons (Fsp3) is 0.286. The molecule has 6 nitrogen and oxygen atoms in total. The monoisotopic (exact) mass is 519 g/mol. The maximum atomic E-state index is 9.42. The van der Waals surface area contributed by atoms with E-state index >= 15 is 0 Å². The van der Waals surface area contributed by atoms with E-state index < -0.39 is 6.29 Å². The average molecular weight is 520 g/mol.